The van der Waals surface area contributed by atoms with Crippen LogP contribution in [0.2, 0.25) is 0 Å². The van der Waals surface area contributed by atoms with Gasteiger partial charge in [0.15, 0.2) is 0 Å². The molecule has 2 aromatic carbocycles. The number of rotatable bonds is 4. The van der Waals surface area contributed by atoms with E-state index in [2.05, 4.69) is 22.3 Å². The van der Waals surface area contributed by atoms with Crippen LogP contribution < -0.4 is 5.32 Å². The van der Waals surface area contributed by atoms with E-state index in [1.54, 1.807) is 11.0 Å². The molecule has 2 aromatic rings. The van der Waals surface area contributed by atoms with E-state index in [9.17, 15) is 18.0 Å². The number of halogens is 3. The van der Waals surface area contributed by atoms with Crippen LogP contribution in [-0.2, 0) is 19.3 Å². The van der Waals surface area contributed by atoms with Crippen molar-refractivity contribution < 1.29 is 18.0 Å². The fourth-order valence-corrected chi connectivity index (χ4v) is 3.52. The Kier molecular flexibility index (Phi) is 6.95. The lowest BCUT2D eigenvalue weighted by Crippen LogP contribution is -2.41. The molecule has 1 heterocycles. The van der Waals surface area contributed by atoms with E-state index >= 15 is 0 Å². The van der Waals surface area contributed by atoms with Crippen LogP contribution in [0.25, 0.3) is 0 Å². The number of urea groups is 1. The van der Waals surface area contributed by atoms with Crippen molar-refractivity contribution in [1.29, 1.82) is 5.26 Å². The number of carbonyl (C=O) groups is 1. The van der Waals surface area contributed by atoms with E-state index in [1.165, 1.54) is 17.7 Å². The third kappa shape index (κ3) is 5.74. The molecular formula is C22H23F3N4O. The Morgan fingerprint density at radius 1 is 1.07 bits per heavy atom. The van der Waals surface area contributed by atoms with Crippen LogP contribution in [0.1, 0.15) is 28.7 Å². The highest BCUT2D eigenvalue weighted by Crippen LogP contribution is 2.32. The van der Waals surface area contributed by atoms with Gasteiger partial charge in [0.05, 0.1) is 17.2 Å². The number of nitriles is 1. The molecule has 3 rings (SSSR count). The Hall–Kier alpha value is -3.05. The average molecular weight is 416 g/mol. The quantitative estimate of drug-likeness (QED) is 0.820. The number of amides is 2. The Balaban J connectivity index is 1.57. The fraction of sp³-hybridized carbons (Fsp3) is 0.364. The van der Waals surface area contributed by atoms with E-state index in [4.69, 9.17) is 5.26 Å². The third-order valence-corrected chi connectivity index (χ3v) is 5.10. The van der Waals surface area contributed by atoms with Crippen LogP contribution >= 0.6 is 0 Å². The van der Waals surface area contributed by atoms with Gasteiger partial charge in [0.1, 0.15) is 0 Å². The number of alkyl halides is 3. The van der Waals surface area contributed by atoms with Crippen molar-refractivity contribution in [1.82, 2.24) is 15.1 Å². The lowest BCUT2D eigenvalue weighted by molar-refractivity contribution is -0.138. The molecule has 2 amide bonds. The molecule has 0 saturated carbocycles. The molecule has 0 aromatic heterocycles. The molecule has 1 N–H and O–H groups in total. The van der Waals surface area contributed by atoms with Gasteiger partial charge in [0.25, 0.3) is 0 Å². The number of benzene rings is 2. The van der Waals surface area contributed by atoms with Gasteiger partial charge in [0.2, 0.25) is 0 Å². The van der Waals surface area contributed by atoms with Crippen LogP contribution in [0, 0.1) is 11.3 Å². The van der Waals surface area contributed by atoms with Crippen molar-refractivity contribution >= 4 is 6.03 Å². The van der Waals surface area contributed by atoms with Gasteiger partial charge in [-0.25, -0.2) is 4.79 Å². The molecule has 8 heteroatoms. The standard InChI is InChI=1S/C22H23F3N4O/c23-22(24,25)20-13-18(14-26)7-8-19(20)15-27-21(30)29-10-4-9-28(11-12-29)16-17-5-2-1-3-6-17/h1-3,5-8,13H,4,9-12,15-16H2,(H,27,30). The molecule has 5 nitrogen and oxygen atoms in total. The summed E-state index contributed by atoms with van der Waals surface area (Å²) in [4.78, 5) is 16.4. The number of carbonyl (C=O) groups excluding carboxylic acids is 1. The van der Waals surface area contributed by atoms with Crippen LogP contribution in [0.5, 0.6) is 0 Å². The molecule has 1 aliphatic heterocycles. The van der Waals surface area contributed by atoms with Gasteiger partial charge in [-0.3, -0.25) is 4.90 Å². The molecule has 158 valence electrons. The molecule has 1 aliphatic rings. The lowest BCUT2D eigenvalue weighted by Gasteiger charge is -2.23. The maximum Gasteiger partial charge on any atom is 0.416 e. The van der Waals surface area contributed by atoms with Crippen molar-refractivity contribution in [3.05, 3.63) is 70.8 Å². The van der Waals surface area contributed by atoms with E-state index in [1.807, 2.05) is 18.2 Å². The van der Waals surface area contributed by atoms with Gasteiger partial charge in [-0.2, -0.15) is 18.4 Å². The normalized spacial score (nSPS) is 15.3. The second kappa shape index (κ2) is 9.63. The van der Waals surface area contributed by atoms with Gasteiger partial charge >= 0.3 is 12.2 Å². The zero-order valence-electron chi connectivity index (χ0n) is 16.5. The van der Waals surface area contributed by atoms with Crippen molar-refractivity contribution in [2.24, 2.45) is 0 Å². The summed E-state index contributed by atoms with van der Waals surface area (Å²) in [7, 11) is 0. The highest BCUT2D eigenvalue weighted by Gasteiger charge is 2.33. The van der Waals surface area contributed by atoms with Crippen molar-refractivity contribution in [3.63, 3.8) is 0 Å². The maximum atomic E-state index is 13.3. The summed E-state index contributed by atoms with van der Waals surface area (Å²) in [6.45, 7) is 3.17. The zero-order chi connectivity index (χ0) is 21.6. The second-order valence-corrected chi connectivity index (χ2v) is 7.24. The number of hydrogen-bond acceptors (Lipinski definition) is 3. The first-order valence-corrected chi connectivity index (χ1v) is 9.76. The number of hydrogen-bond donors (Lipinski definition) is 1. The first-order chi connectivity index (χ1) is 14.4. The summed E-state index contributed by atoms with van der Waals surface area (Å²) in [6.07, 6.45) is -3.79. The van der Waals surface area contributed by atoms with Gasteiger partial charge in [0, 0.05) is 39.3 Å². The van der Waals surface area contributed by atoms with Crippen LogP contribution in [0.3, 0.4) is 0 Å². The van der Waals surface area contributed by atoms with Gasteiger partial charge in [-0.05, 0) is 29.7 Å². The summed E-state index contributed by atoms with van der Waals surface area (Å²) in [6, 6.07) is 14.8. The monoisotopic (exact) mass is 416 g/mol. The van der Waals surface area contributed by atoms with E-state index in [0.29, 0.717) is 19.6 Å². The van der Waals surface area contributed by atoms with Crippen LogP contribution in [-0.4, -0.2) is 42.0 Å². The molecular weight excluding hydrogens is 393 g/mol. The Morgan fingerprint density at radius 3 is 2.53 bits per heavy atom. The predicted octanol–water partition coefficient (Wildman–Crippen LogP) is 3.99. The van der Waals surface area contributed by atoms with E-state index < -0.39 is 11.7 Å². The van der Waals surface area contributed by atoms with Gasteiger partial charge < -0.3 is 10.2 Å². The van der Waals surface area contributed by atoms with Crippen molar-refractivity contribution in [2.45, 2.75) is 25.7 Å². The summed E-state index contributed by atoms with van der Waals surface area (Å²) >= 11 is 0. The molecule has 0 radical (unpaired) electrons. The summed E-state index contributed by atoms with van der Waals surface area (Å²) < 4.78 is 39.8. The van der Waals surface area contributed by atoms with E-state index in [-0.39, 0.29) is 23.7 Å². The van der Waals surface area contributed by atoms with Gasteiger partial charge in [-0.1, -0.05) is 36.4 Å². The zero-order valence-corrected chi connectivity index (χ0v) is 16.5. The summed E-state index contributed by atoms with van der Waals surface area (Å²) in [5.41, 5.74) is 0.182. The van der Waals surface area contributed by atoms with Crippen molar-refractivity contribution in [3.8, 4) is 6.07 Å². The molecule has 1 fully saturated rings. The van der Waals surface area contributed by atoms with Crippen LogP contribution in [0.4, 0.5) is 18.0 Å². The van der Waals surface area contributed by atoms with Gasteiger partial charge in [-0.15, -0.1) is 0 Å². The molecule has 1 saturated heterocycles. The molecule has 0 atom stereocenters. The minimum atomic E-state index is -4.59. The predicted molar refractivity (Wildman–Crippen MR) is 106 cm³/mol. The minimum Gasteiger partial charge on any atom is -0.334 e. The average Bonchev–Trinajstić information content (AvgIpc) is 2.97. The lowest BCUT2D eigenvalue weighted by atomic mass is 10.0. The Morgan fingerprint density at radius 2 is 1.83 bits per heavy atom. The number of nitrogens with one attached hydrogen (secondary N) is 1. The second-order valence-electron chi connectivity index (χ2n) is 7.24. The minimum absolute atomic E-state index is 0.0598. The molecule has 0 spiro atoms. The van der Waals surface area contributed by atoms with Crippen molar-refractivity contribution in [2.75, 3.05) is 26.2 Å². The SMILES string of the molecule is N#Cc1ccc(CNC(=O)N2CCCN(Cc3ccccc3)CC2)c(C(F)(F)F)c1. The van der Waals surface area contributed by atoms with Crippen LogP contribution in [0.15, 0.2) is 48.5 Å². The van der Waals surface area contributed by atoms with E-state index in [0.717, 1.165) is 25.6 Å². The number of nitrogens with zero attached hydrogens (tertiary/aromatic N) is 3. The first-order valence-electron chi connectivity index (χ1n) is 9.76. The largest absolute Gasteiger partial charge is 0.416 e. The molecule has 30 heavy (non-hydrogen) atoms. The highest BCUT2D eigenvalue weighted by molar-refractivity contribution is 5.74. The first kappa shape index (κ1) is 21.7. The highest BCUT2D eigenvalue weighted by atomic mass is 19.4. The fourth-order valence-electron chi connectivity index (χ4n) is 3.52. The molecule has 0 bridgehead atoms. The third-order valence-electron chi connectivity index (χ3n) is 5.10. The Bertz CT molecular complexity index is 909. The molecule has 0 unspecified atom stereocenters. The molecule has 0 aliphatic carbocycles. The topological polar surface area (TPSA) is 59.4 Å². The summed E-state index contributed by atoms with van der Waals surface area (Å²) in [5, 5.41) is 11.4. The summed E-state index contributed by atoms with van der Waals surface area (Å²) in [5.74, 6) is 0. The Labute approximate surface area is 173 Å². The smallest absolute Gasteiger partial charge is 0.334 e. The maximum absolute atomic E-state index is 13.3.